The topological polar surface area (TPSA) is 30.2 Å². The number of hydrogen-bond donors (Lipinski definition) is 0. The molecule has 0 saturated carbocycles. The Balaban J connectivity index is 2.64. The highest BCUT2D eigenvalue weighted by Gasteiger charge is 2.20. The van der Waals surface area contributed by atoms with Crippen LogP contribution in [0, 0.1) is 5.92 Å². The van der Waals surface area contributed by atoms with Crippen LogP contribution in [0.1, 0.15) is 50.1 Å². The van der Waals surface area contributed by atoms with Gasteiger partial charge in [0.05, 0.1) is 0 Å². The van der Waals surface area contributed by atoms with Gasteiger partial charge in [-0.25, -0.2) is 0 Å². The number of Topliss-reactive ketones (excluding diaryl/α,β-unsaturated/α-hetero) is 1. The van der Waals surface area contributed by atoms with Crippen molar-refractivity contribution in [3.63, 3.8) is 0 Å². The second kappa shape index (κ2) is 6.11. The van der Waals surface area contributed by atoms with Gasteiger partial charge in [0.25, 0.3) is 0 Å². The minimum atomic E-state index is 0.114. The van der Waals surface area contributed by atoms with Crippen molar-refractivity contribution in [1.82, 2.24) is 0 Å². The summed E-state index contributed by atoms with van der Waals surface area (Å²) in [5, 5.41) is 0. The molecule has 0 amide bonds. The Morgan fingerprint density at radius 3 is 2.67 bits per heavy atom. The third kappa shape index (κ3) is 3.49. The number of ketones is 1. The number of hydrogen-bond acceptors (Lipinski definition) is 2. The van der Waals surface area contributed by atoms with E-state index < -0.39 is 0 Å². The molecule has 0 spiro atoms. The minimum absolute atomic E-state index is 0.114. The summed E-state index contributed by atoms with van der Waals surface area (Å²) in [7, 11) is 0. The van der Waals surface area contributed by atoms with Gasteiger partial charge in [-0.05, 0) is 40.9 Å². The molecule has 84 valence electrons. The van der Waals surface area contributed by atoms with E-state index in [0.717, 1.165) is 25.7 Å². The summed E-state index contributed by atoms with van der Waals surface area (Å²) in [4.78, 5) is 12.0. The molecular formula is C12H17BrO2. The highest BCUT2D eigenvalue weighted by atomic mass is 79.9. The first-order valence-electron chi connectivity index (χ1n) is 5.48. The molecule has 0 aromatic carbocycles. The van der Waals surface area contributed by atoms with Crippen LogP contribution in [0.4, 0.5) is 0 Å². The summed E-state index contributed by atoms with van der Waals surface area (Å²) in [5.41, 5.74) is 0. The molecular weight excluding hydrogens is 256 g/mol. The summed E-state index contributed by atoms with van der Waals surface area (Å²) in [6.45, 7) is 4.19. The molecule has 15 heavy (non-hydrogen) atoms. The van der Waals surface area contributed by atoms with Gasteiger partial charge in [-0.3, -0.25) is 4.79 Å². The first kappa shape index (κ1) is 12.5. The van der Waals surface area contributed by atoms with Crippen LogP contribution < -0.4 is 0 Å². The lowest BCUT2D eigenvalue weighted by Gasteiger charge is -2.10. The van der Waals surface area contributed by atoms with E-state index in [4.69, 9.17) is 4.42 Å². The Hall–Kier alpha value is -0.570. The van der Waals surface area contributed by atoms with Crippen LogP contribution in [-0.4, -0.2) is 5.78 Å². The van der Waals surface area contributed by atoms with Crippen LogP contribution in [0.15, 0.2) is 21.2 Å². The van der Waals surface area contributed by atoms with Gasteiger partial charge in [0.2, 0.25) is 5.78 Å². The zero-order chi connectivity index (χ0) is 11.3. The smallest absolute Gasteiger partial charge is 0.201 e. The zero-order valence-corrected chi connectivity index (χ0v) is 10.8. The average Bonchev–Trinajstić information content (AvgIpc) is 2.65. The highest BCUT2D eigenvalue weighted by molar-refractivity contribution is 9.10. The molecule has 0 radical (unpaired) electrons. The second-order valence-corrected chi connectivity index (χ2v) is 4.50. The van der Waals surface area contributed by atoms with Gasteiger partial charge in [-0.15, -0.1) is 0 Å². The minimum Gasteiger partial charge on any atom is -0.446 e. The van der Waals surface area contributed by atoms with Crippen LogP contribution in [0.2, 0.25) is 0 Å². The van der Waals surface area contributed by atoms with E-state index in [2.05, 4.69) is 29.8 Å². The van der Waals surface area contributed by atoms with Crippen molar-refractivity contribution < 1.29 is 9.21 Å². The molecule has 0 N–H and O–H groups in total. The normalized spacial score (nSPS) is 12.7. The monoisotopic (exact) mass is 272 g/mol. The largest absolute Gasteiger partial charge is 0.446 e. The Morgan fingerprint density at radius 1 is 1.47 bits per heavy atom. The van der Waals surface area contributed by atoms with Crippen molar-refractivity contribution in [1.29, 1.82) is 0 Å². The van der Waals surface area contributed by atoms with Crippen LogP contribution in [0.5, 0.6) is 0 Å². The number of carbonyl (C=O) groups excluding carboxylic acids is 1. The van der Waals surface area contributed by atoms with Gasteiger partial charge < -0.3 is 4.42 Å². The Morgan fingerprint density at radius 2 is 2.20 bits per heavy atom. The molecule has 3 heteroatoms. The number of halogens is 1. The molecule has 0 aliphatic carbocycles. The molecule has 1 rings (SSSR count). The van der Waals surface area contributed by atoms with Gasteiger partial charge in [0.15, 0.2) is 10.4 Å². The predicted molar refractivity (Wildman–Crippen MR) is 64.0 cm³/mol. The van der Waals surface area contributed by atoms with Crippen LogP contribution in [0.3, 0.4) is 0 Å². The van der Waals surface area contributed by atoms with Crippen molar-refractivity contribution in [2.75, 3.05) is 0 Å². The SMILES string of the molecule is CCCCC(CC)C(=O)c1ccc(Br)o1. The van der Waals surface area contributed by atoms with E-state index in [0.29, 0.717) is 10.4 Å². The maximum absolute atomic E-state index is 12.0. The van der Waals surface area contributed by atoms with Gasteiger partial charge in [-0.2, -0.15) is 0 Å². The summed E-state index contributed by atoms with van der Waals surface area (Å²) < 4.78 is 5.90. The molecule has 0 aliphatic rings. The van der Waals surface area contributed by atoms with Crippen molar-refractivity contribution in [2.24, 2.45) is 5.92 Å². The molecule has 2 nitrogen and oxygen atoms in total. The molecule has 1 aromatic heterocycles. The third-order valence-corrected chi connectivity index (χ3v) is 3.01. The quantitative estimate of drug-likeness (QED) is 0.717. The number of rotatable bonds is 6. The van der Waals surface area contributed by atoms with Crippen LogP contribution in [-0.2, 0) is 0 Å². The standard InChI is InChI=1S/C12H17BrO2/c1-3-5-6-9(4-2)12(14)10-7-8-11(13)15-10/h7-9H,3-6H2,1-2H3. The van der Waals surface area contributed by atoms with Crippen LogP contribution >= 0.6 is 15.9 Å². The molecule has 1 aromatic rings. The fourth-order valence-corrected chi connectivity index (χ4v) is 1.93. The third-order valence-electron chi connectivity index (χ3n) is 2.59. The summed E-state index contributed by atoms with van der Waals surface area (Å²) in [6, 6.07) is 3.50. The Labute approximate surface area is 99.2 Å². The number of unbranched alkanes of at least 4 members (excludes halogenated alkanes) is 1. The fraction of sp³-hybridized carbons (Fsp3) is 0.583. The first-order chi connectivity index (χ1) is 7.19. The molecule has 1 unspecified atom stereocenters. The van der Waals surface area contributed by atoms with Gasteiger partial charge >= 0.3 is 0 Å². The van der Waals surface area contributed by atoms with Crippen molar-refractivity contribution >= 4 is 21.7 Å². The average molecular weight is 273 g/mol. The lowest BCUT2D eigenvalue weighted by molar-refractivity contribution is 0.0878. The van der Waals surface area contributed by atoms with Gasteiger partial charge in [-0.1, -0.05) is 26.7 Å². The Bertz CT molecular complexity index is 317. The first-order valence-corrected chi connectivity index (χ1v) is 6.27. The van der Waals surface area contributed by atoms with E-state index in [1.54, 1.807) is 12.1 Å². The summed E-state index contributed by atoms with van der Waals surface area (Å²) in [5.74, 6) is 0.726. The highest BCUT2D eigenvalue weighted by Crippen LogP contribution is 2.22. The number of furan rings is 1. The van der Waals surface area contributed by atoms with Crippen molar-refractivity contribution in [3.8, 4) is 0 Å². The van der Waals surface area contributed by atoms with Crippen molar-refractivity contribution in [2.45, 2.75) is 39.5 Å². The molecule has 0 saturated heterocycles. The van der Waals surface area contributed by atoms with E-state index in [1.807, 2.05) is 0 Å². The fourth-order valence-electron chi connectivity index (χ4n) is 1.62. The molecule has 1 atom stereocenters. The lowest BCUT2D eigenvalue weighted by Crippen LogP contribution is -2.13. The summed E-state index contributed by atoms with van der Waals surface area (Å²) >= 11 is 3.21. The Kier molecular flexibility index (Phi) is 5.09. The van der Waals surface area contributed by atoms with E-state index in [-0.39, 0.29) is 11.7 Å². The molecule has 0 fully saturated rings. The van der Waals surface area contributed by atoms with Crippen molar-refractivity contribution in [3.05, 3.63) is 22.6 Å². The second-order valence-electron chi connectivity index (χ2n) is 3.72. The molecule has 1 heterocycles. The van der Waals surface area contributed by atoms with E-state index >= 15 is 0 Å². The lowest BCUT2D eigenvalue weighted by atomic mass is 9.93. The summed E-state index contributed by atoms with van der Waals surface area (Å²) in [6.07, 6.45) is 4.08. The van der Waals surface area contributed by atoms with E-state index in [9.17, 15) is 4.79 Å². The molecule has 0 aliphatic heterocycles. The van der Waals surface area contributed by atoms with Gasteiger partial charge in [0.1, 0.15) is 0 Å². The van der Waals surface area contributed by atoms with Gasteiger partial charge in [0, 0.05) is 5.92 Å². The molecule has 0 bridgehead atoms. The maximum Gasteiger partial charge on any atom is 0.201 e. The van der Waals surface area contributed by atoms with E-state index in [1.165, 1.54) is 0 Å². The zero-order valence-electron chi connectivity index (χ0n) is 9.25. The maximum atomic E-state index is 12.0. The number of carbonyl (C=O) groups is 1. The van der Waals surface area contributed by atoms with Crippen LogP contribution in [0.25, 0.3) is 0 Å². The predicted octanol–water partition coefficient (Wildman–Crippen LogP) is 4.44.